The van der Waals surface area contributed by atoms with Gasteiger partial charge in [-0.15, -0.1) is 0 Å². The molecule has 5 heteroatoms. The van der Waals surface area contributed by atoms with Crippen molar-refractivity contribution in [2.45, 2.75) is 55.4 Å². The van der Waals surface area contributed by atoms with E-state index in [0.717, 1.165) is 52.4 Å². The van der Waals surface area contributed by atoms with Crippen LogP contribution in [0.4, 0.5) is 0 Å². The molecule has 0 aromatic carbocycles. The van der Waals surface area contributed by atoms with E-state index >= 15 is 0 Å². The summed E-state index contributed by atoms with van der Waals surface area (Å²) in [5.74, 6) is 0. The monoisotopic (exact) mass is 343 g/mol. The van der Waals surface area contributed by atoms with Crippen molar-refractivity contribution >= 4 is 18.9 Å². The number of rotatable bonds is 12. The minimum atomic E-state index is 1.07. The van der Waals surface area contributed by atoms with E-state index in [0.29, 0.717) is 0 Å². The van der Waals surface area contributed by atoms with E-state index in [9.17, 15) is 0 Å². The molecular formula is C18H40N4P+. The average Bonchev–Trinajstić information content (AvgIpc) is 2.58. The van der Waals surface area contributed by atoms with Crippen molar-refractivity contribution in [3.63, 3.8) is 0 Å². The molecule has 0 aromatic rings. The fraction of sp³-hybridized carbons (Fsp3) is 0.889. The Morgan fingerprint density at radius 1 is 0.435 bits per heavy atom. The predicted molar refractivity (Wildman–Crippen MR) is 109 cm³/mol. The Hall–Kier alpha value is 0.0100. The maximum atomic E-state index is 2.52. The molecule has 23 heavy (non-hydrogen) atoms. The first-order valence-electron chi connectivity index (χ1n) is 9.53. The molecule has 0 spiro atoms. The van der Waals surface area contributed by atoms with Crippen molar-refractivity contribution in [2.24, 2.45) is 0 Å². The SMILES string of the molecule is CCN(CC)C(=[P+]=C(N(CC)CC)N(CC)CC)N(CC)CC. The molecule has 0 amide bonds. The van der Waals surface area contributed by atoms with Crippen LogP contribution in [0.3, 0.4) is 0 Å². The number of hydrogen-bond donors (Lipinski definition) is 0. The van der Waals surface area contributed by atoms with Gasteiger partial charge in [-0.2, -0.15) is 0 Å². The third kappa shape index (κ3) is 6.80. The summed E-state index contributed by atoms with van der Waals surface area (Å²) in [6, 6.07) is 0. The summed E-state index contributed by atoms with van der Waals surface area (Å²) in [6.07, 6.45) is 0. The van der Waals surface area contributed by atoms with Gasteiger partial charge in [-0.3, -0.25) is 0 Å². The quantitative estimate of drug-likeness (QED) is 0.503. The maximum absolute atomic E-state index is 2.52. The van der Waals surface area contributed by atoms with Gasteiger partial charge in [0.2, 0.25) is 0 Å². The molecule has 0 saturated carbocycles. The molecule has 0 heterocycles. The van der Waals surface area contributed by atoms with Crippen molar-refractivity contribution in [3.8, 4) is 0 Å². The molecule has 0 aliphatic rings. The summed E-state index contributed by atoms with van der Waals surface area (Å²) in [5.41, 5.74) is 2.91. The summed E-state index contributed by atoms with van der Waals surface area (Å²) < 4.78 is 0. The van der Waals surface area contributed by atoms with Crippen LogP contribution >= 0.6 is 7.83 Å². The molecule has 0 atom stereocenters. The first kappa shape index (κ1) is 23.0. The number of hydrogen-bond acceptors (Lipinski definition) is 0. The van der Waals surface area contributed by atoms with Gasteiger partial charge >= 0.3 is 146 Å². The zero-order chi connectivity index (χ0) is 17.8. The van der Waals surface area contributed by atoms with Crippen molar-refractivity contribution in [1.29, 1.82) is 0 Å². The second-order valence-electron chi connectivity index (χ2n) is 5.40. The van der Waals surface area contributed by atoms with E-state index in [-0.39, 0.29) is 0 Å². The van der Waals surface area contributed by atoms with E-state index in [1.54, 1.807) is 0 Å². The third-order valence-corrected chi connectivity index (χ3v) is 5.92. The first-order chi connectivity index (χ1) is 11.1. The topological polar surface area (TPSA) is 13.0 Å². The van der Waals surface area contributed by atoms with Crippen LogP contribution in [0, 0.1) is 0 Å². The van der Waals surface area contributed by atoms with Gasteiger partial charge in [0.25, 0.3) is 0 Å². The van der Waals surface area contributed by atoms with Crippen molar-refractivity contribution in [1.82, 2.24) is 19.6 Å². The molecule has 4 nitrogen and oxygen atoms in total. The van der Waals surface area contributed by atoms with Crippen LogP contribution in [0.5, 0.6) is 0 Å². The van der Waals surface area contributed by atoms with Gasteiger partial charge in [0.15, 0.2) is 0 Å². The molecule has 0 aliphatic carbocycles. The Kier molecular flexibility index (Phi) is 13.3. The summed E-state index contributed by atoms with van der Waals surface area (Å²) in [4.78, 5) is 10.1. The molecular weight excluding hydrogens is 303 g/mol. The van der Waals surface area contributed by atoms with Gasteiger partial charge in [-0.05, 0) is 0 Å². The van der Waals surface area contributed by atoms with Crippen LogP contribution in [0.25, 0.3) is 0 Å². The van der Waals surface area contributed by atoms with Crippen LogP contribution < -0.4 is 0 Å². The van der Waals surface area contributed by atoms with E-state index in [4.69, 9.17) is 0 Å². The second kappa shape index (κ2) is 13.3. The summed E-state index contributed by atoms with van der Waals surface area (Å²) >= 11 is 0. The molecule has 0 radical (unpaired) electrons. The van der Waals surface area contributed by atoms with Gasteiger partial charge < -0.3 is 0 Å². The van der Waals surface area contributed by atoms with Crippen LogP contribution in [-0.4, -0.2) is 83.0 Å². The summed E-state index contributed by atoms with van der Waals surface area (Å²) in [5, 5.41) is 0. The van der Waals surface area contributed by atoms with Crippen molar-refractivity contribution < 1.29 is 0 Å². The van der Waals surface area contributed by atoms with Crippen LogP contribution in [0.15, 0.2) is 0 Å². The van der Waals surface area contributed by atoms with Crippen molar-refractivity contribution in [2.75, 3.05) is 52.4 Å². The predicted octanol–water partition coefficient (Wildman–Crippen LogP) is 3.47. The van der Waals surface area contributed by atoms with Gasteiger partial charge in [-0.1, -0.05) is 0 Å². The molecule has 0 aliphatic heterocycles. The first-order valence-corrected chi connectivity index (χ1v) is 10.4. The molecule has 0 bridgehead atoms. The molecule has 136 valence electrons. The molecule has 0 N–H and O–H groups in total. The Balaban J connectivity index is 6.30. The van der Waals surface area contributed by atoms with E-state index < -0.39 is 0 Å². The number of nitrogens with zero attached hydrogens (tertiary/aromatic N) is 4. The molecule has 0 aromatic heterocycles. The Morgan fingerprint density at radius 2 is 0.609 bits per heavy atom. The Labute approximate surface area is 146 Å². The van der Waals surface area contributed by atoms with Crippen LogP contribution in [0.2, 0.25) is 0 Å². The normalized spacial score (nSPS) is 11.7. The summed E-state index contributed by atoms with van der Waals surface area (Å²) in [7, 11) is 1.34. The molecule has 0 unspecified atom stereocenters. The molecule has 0 fully saturated rings. The molecule has 0 saturated heterocycles. The van der Waals surface area contributed by atoms with Crippen LogP contribution in [-0.2, 0) is 0 Å². The van der Waals surface area contributed by atoms with Crippen LogP contribution in [0.1, 0.15) is 55.4 Å². The fourth-order valence-corrected chi connectivity index (χ4v) is 4.67. The van der Waals surface area contributed by atoms with Gasteiger partial charge in [0, 0.05) is 0 Å². The van der Waals surface area contributed by atoms with Gasteiger partial charge in [-0.25, -0.2) is 0 Å². The Bertz CT molecular complexity index is 301. The third-order valence-electron chi connectivity index (χ3n) is 4.39. The van der Waals surface area contributed by atoms with Gasteiger partial charge in [0.1, 0.15) is 0 Å². The van der Waals surface area contributed by atoms with Gasteiger partial charge in [0.05, 0.1) is 0 Å². The van der Waals surface area contributed by atoms with E-state index in [1.807, 2.05) is 0 Å². The van der Waals surface area contributed by atoms with E-state index in [1.165, 1.54) is 18.9 Å². The minimum absolute atomic E-state index is 1.07. The average molecular weight is 344 g/mol. The Morgan fingerprint density at radius 3 is 0.739 bits per heavy atom. The zero-order valence-electron chi connectivity index (χ0n) is 16.9. The zero-order valence-corrected chi connectivity index (χ0v) is 17.8. The van der Waals surface area contributed by atoms with Crippen molar-refractivity contribution in [3.05, 3.63) is 0 Å². The van der Waals surface area contributed by atoms with E-state index in [2.05, 4.69) is 75.0 Å². The molecule has 0 rings (SSSR count). The standard InChI is InChI=1S/C18H40N4P/c1-9-19(10-2)17(20(11-3)12-4)23-18(21(13-5)14-6)22(15-7)16-8/h9-16H2,1-8H3/q+1. The second-order valence-corrected chi connectivity index (χ2v) is 6.42. The fourth-order valence-electron chi connectivity index (χ4n) is 2.80. The summed E-state index contributed by atoms with van der Waals surface area (Å²) in [6.45, 7) is 26.6.